The summed E-state index contributed by atoms with van der Waals surface area (Å²) in [5.41, 5.74) is 4.62. The monoisotopic (exact) mass is 256 g/mol. The predicted molar refractivity (Wildman–Crippen MR) is 82.8 cm³/mol. The maximum atomic E-state index is 5.72. The molecule has 0 spiro atoms. The van der Waals surface area contributed by atoms with E-state index in [-0.39, 0.29) is 5.41 Å². The predicted octanol–water partition coefficient (Wildman–Crippen LogP) is 3.65. The van der Waals surface area contributed by atoms with Gasteiger partial charge in [0.15, 0.2) is 0 Å². The lowest BCUT2D eigenvalue weighted by Crippen LogP contribution is -2.39. The third-order valence-corrected chi connectivity index (χ3v) is 3.44. The van der Waals surface area contributed by atoms with E-state index in [1.54, 1.807) is 0 Å². The van der Waals surface area contributed by atoms with Gasteiger partial charge in [0.25, 0.3) is 0 Å². The number of rotatable bonds is 4. The zero-order valence-corrected chi connectivity index (χ0v) is 12.1. The lowest BCUT2D eigenvalue weighted by Gasteiger charge is -2.26. The van der Waals surface area contributed by atoms with Gasteiger partial charge < -0.3 is 0 Å². The van der Waals surface area contributed by atoms with Crippen molar-refractivity contribution in [3.05, 3.63) is 48.0 Å². The first kappa shape index (κ1) is 14.0. The summed E-state index contributed by atoms with van der Waals surface area (Å²) in [6, 6.07) is 15.3. The smallest absolute Gasteiger partial charge is 0.0256 e. The summed E-state index contributed by atoms with van der Waals surface area (Å²) in [4.78, 5) is 0. The van der Waals surface area contributed by atoms with E-state index in [0.29, 0.717) is 6.04 Å². The second-order valence-corrected chi connectivity index (χ2v) is 6.47. The zero-order chi connectivity index (χ0) is 13.9. The van der Waals surface area contributed by atoms with E-state index in [2.05, 4.69) is 68.7 Å². The molecule has 102 valence electrons. The molecule has 0 amide bonds. The number of hydrazine groups is 1. The maximum absolute atomic E-state index is 5.72. The lowest BCUT2D eigenvalue weighted by atomic mass is 9.85. The Morgan fingerprint density at radius 2 is 1.74 bits per heavy atom. The third-order valence-electron chi connectivity index (χ3n) is 3.44. The van der Waals surface area contributed by atoms with Gasteiger partial charge >= 0.3 is 0 Å². The fourth-order valence-corrected chi connectivity index (χ4v) is 2.67. The number of hydrogen-bond donors (Lipinski definition) is 2. The molecular formula is C17H24N2. The second kappa shape index (κ2) is 5.72. The first-order valence-corrected chi connectivity index (χ1v) is 6.92. The summed E-state index contributed by atoms with van der Waals surface area (Å²) in [5.74, 6) is 5.72. The van der Waals surface area contributed by atoms with E-state index in [1.807, 2.05) is 0 Å². The van der Waals surface area contributed by atoms with Crippen molar-refractivity contribution in [1.82, 2.24) is 5.43 Å². The highest BCUT2D eigenvalue weighted by Gasteiger charge is 2.18. The molecule has 2 nitrogen and oxygen atoms in total. The molecule has 0 aliphatic rings. The van der Waals surface area contributed by atoms with Crippen LogP contribution in [-0.4, -0.2) is 6.04 Å². The van der Waals surface area contributed by atoms with Crippen molar-refractivity contribution in [2.24, 2.45) is 11.3 Å². The van der Waals surface area contributed by atoms with E-state index < -0.39 is 0 Å². The largest absolute Gasteiger partial charge is 0.271 e. The van der Waals surface area contributed by atoms with Crippen LogP contribution in [0.25, 0.3) is 10.8 Å². The Morgan fingerprint density at radius 1 is 1.05 bits per heavy atom. The summed E-state index contributed by atoms with van der Waals surface area (Å²) in [6.07, 6.45) is 2.03. The number of hydrogen-bond acceptors (Lipinski definition) is 2. The van der Waals surface area contributed by atoms with Gasteiger partial charge in [-0.05, 0) is 34.6 Å². The second-order valence-electron chi connectivity index (χ2n) is 6.47. The molecule has 2 rings (SSSR count). The fourth-order valence-electron chi connectivity index (χ4n) is 2.67. The average Bonchev–Trinajstić information content (AvgIpc) is 2.37. The molecule has 0 aliphatic carbocycles. The van der Waals surface area contributed by atoms with Crippen molar-refractivity contribution in [2.75, 3.05) is 0 Å². The molecule has 1 unspecified atom stereocenters. The minimum absolute atomic E-state index is 0.279. The number of nitrogens with one attached hydrogen (secondary N) is 1. The summed E-state index contributed by atoms with van der Waals surface area (Å²) in [5, 5.41) is 2.63. The van der Waals surface area contributed by atoms with Crippen molar-refractivity contribution in [3.8, 4) is 0 Å². The molecule has 1 atom stereocenters. The van der Waals surface area contributed by atoms with Crippen molar-refractivity contribution < 1.29 is 0 Å². The molecule has 2 aromatic rings. The van der Waals surface area contributed by atoms with Crippen LogP contribution in [0.15, 0.2) is 42.5 Å². The minimum Gasteiger partial charge on any atom is -0.271 e. The van der Waals surface area contributed by atoms with Crippen LogP contribution in [0.4, 0.5) is 0 Å². The number of nitrogens with two attached hydrogens (primary N) is 1. The molecule has 0 bridgehead atoms. The van der Waals surface area contributed by atoms with E-state index in [0.717, 1.165) is 12.8 Å². The lowest BCUT2D eigenvalue weighted by molar-refractivity contribution is 0.309. The van der Waals surface area contributed by atoms with Crippen LogP contribution >= 0.6 is 0 Å². The van der Waals surface area contributed by atoms with Crippen LogP contribution in [0.3, 0.4) is 0 Å². The van der Waals surface area contributed by atoms with E-state index in [4.69, 9.17) is 5.84 Å². The Labute approximate surface area is 116 Å². The van der Waals surface area contributed by atoms with Crippen LogP contribution < -0.4 is 11.3 Å². The van der Waals surface area contributed by atoms with Crippen LogP contribution in [0.2, 0.25) is 0 Å². The molecule has 0 saturated heterocycles. The highest BCUT2D eigenvalue weighted by molar-refractivity contribution is 5.85. The van der Waals surface area contributed by atoms with Gasteiger partial charge in [-0.15, -0.1) is 0 Å². The summed E-state index contributed by atoms with van der Waals surface area (Å²) >= 11 is 0. The Hall–Kier alpha value is -1.38. The quantitative estimate of drug-likeness (QED) is 0.647. The molecule has 0 fully saturated rings. The van der Waals surface area contributed by atoms with Crippen molar-refractivity contribution >= 4 is 10.8 Å². The molecule has 0 radical (unpaired) electrons. The van der Waals surface area contributed by atoms with E-state index in [1.165, 1.54) is 16.3 Å². The summed E-state index contributed by atoms with van der Waals surface area (Å²) < 4.78 is 0. The Morgan fingerprint density at radius 3 is 2.42 bits per heavy atom. The molecular weight excluding hydrogens is 232 g/mol. The van der Waals surface area contributed by atoms with Crippen LogP contribution in [0.5, 0.6) is 0 Å². The standard InChI is InChI=1S/C17H24N2/c1-17(2,3)12-15(19-18)11-14-9-6-8-13-7-4-5-10-16(13)14/h4-10,15,19H,11-12,18H2,1-3H3. The van der Waals surface area contributed by atoms with Crippen molar-refractivity contribution in [1.29, 1.82) is 0 Å². The van der Waals surface area contributed by atoms with Crippen molar-refractivity contribution in [3.63, 3.8) is 0 Å². The Bertz CT molecular complexity index is 535. The number of benzene rings is 2. The van der Waals surface area contributed by atoms with Gasteiger partial charge in [-0.3, -0.25) is 11.3 Å². The first-order valence-electron chi connectivity index (χ1n) is 6.92. The van der Waals surface area contributed by atoms with E-state index in [9.17, 15) is 0 Å². The van der Waals surface area contributed by atoms with Gasteiger partial charge in [0, 0.05) is 6.04 Å². The Balaban J connectivity index is 2.24. The molecule has 2 heteroatoms. The summed E-state index contributed by atoms with van der Waals surface area (Å²) in [6.45, 7) is 6.75. The molecule has 0 saturated carbocycles. The van der Waals surface area contributed by atoms with Gasteiger partial charge in [0.05, 0.1) is 0 Å². The molecule has 0 heterocycles. The molecule has 19 heavy (non-hydrogen) atoms. The van der Waals surface area contributed by atoms with E-state index >= 15 is 0 Å². The zero-order valence-electron chi connectivity index (χ0n) is 12.1. The third kappa shape index (κ3) is 3.79. The minimum atomic E-state index is 0.279. The molecule has 0 aromatic heterocycles. The van der Waals surface area contributed by atoms with Gasteiger partial charge in [-0.25, -0.2) is 0 Å². The number of fused-ring (bicyclic) bond motifs is 1. The molecule has 3 N–H and O–H groups in total. The van der Waals surface area contributed by atoms with Gasteiger partial charge in [-0.1, -0.05) is 63.2 Å². The van der Waals surface area contributed by atoms with Crippen LogP contribution in [-0.2, 0) is 6.42 Å². The highest BCUT2D eigenvalue weighted by atomic mass is 15.2. The average molecular weight is 256 g/mol. The molecule has 0 aliphatic heterocycles. The normalized spacial score (nSPS) is 13.7. The Kier molecular flexibility index (Phi) is 4.23. The van der Waals surface area contributed by atoms with Gasteiger partial charge in [-0.2, -0.15) is 0 Å². The van der Waals surface area contributed by atoms with Gasteiger partial charge in [0.2, 0.25) is 0 Å². The van der Waals surface area contributed by atoms with Crippen molar-refractivity contribution in [2.45, 2.75) is 39.7 Å². The van der Waals surface area contributed by atoms with Gasteiger partial charge in [0.1, 0.15) is 0 Å². The molecule has 2 aromatic carbocycles. The first-order chi connectivity index (χ1) is 8.99. The highest BCUT2D eigenvalue weighted by Crippen LogP contribution is 2.25. The maximum Gasteiger partial charge on any atom is 0.0256 e. The fraction of sp³-hybridized carbons (Fsp3) is 0.412. The summed E-state index contributed by atoms with van der Waals surface area (Å²) in [7, 11) is 0. The van der Waals surface area contributed by atoms with Crippen LogP contribution in [0.1, 0.15) is 32.8 Å². The SMILES string of the molecule is CC(C)(C)CC(Cc1cccc2ccccc12)NN. The van der Waals surface area contributed by atoms with Crippen LogP contribution in [0, 0.1) is 5.41 Å². The topological polar surface area (TPSA) is 38.0 Å².